The molecule has 0 radical (unpaired) electrons. The van der Waals surface area contributed by atoms with Crippen LogP contribution < -0.4 is 43.6 Å². The number of halogens is 3. The number of aryl methyl sites for hydroxylation is 3. The molecule has 28 nitrogen and oxygen atoms in total. The van der Waals surface area contributed by atoms with Crippen molar-refractivity contribution >= 4 is 84.6 Å². The van der Waals surface area contributed by atoms with E-state index in [-0.39, 0.29) is 44.8 Å². The predicted molar refractivity (Wildman–Crippen MR) is 528 cm³/mol. The Morgan fingerprint density at radius 3 is 1.09 bits per heavy atom. The quantitative estimate of drug-likeness (QED) is 0.0429. The van der Waals surface area contributed by atoms with Gasteiger partial charge in [-0.1, -0.05) is 124 Å². The number of piperazine rings is 3. The number of benzene rings is 6. The largest absolute Gasteiger partial charge is 0.462 e. The lowest BCUT2D eigenvalue weighted by atomic mass is 9.96. The molecule has 6 atom stereocenters. The lowest BCUT2D eigenvalue weighted by Crippen LogP contribution is -2.57. The van der Waals surface area contributed by atoms with E-state index in [1.54, 1.807) is 0 Å². The first kappa shape index (κ1) is 94.6. The minimum Gasteiger partial charge on any atom is -0.462 e. The van der Waals surface area contributed by atoms with E-state index in [1.807, 2.05) is 0 Å². The van der Waals surface area contributed by atoms with E-state index < -0.39 is 53.3 Å². The normalized spacial score (nSPS) is 22.1. The van der Waals surface area contributed by atoms with Crippen molar-refractivity contribution in [2.75, 3.05) is 187 Å². The molecule has 13 heterocycles. The number of carbonyl (C=O) groups is 3. The molecule has 6 aromatic carbocycles. The summed E-state index contributed by atoms with van der Waals surface area (Å²) in [7, 11) is 2.13. The number of carbonyl (C=O) groups excluding carboxylic acids is 3. The van der Waals surface area contributed by atoms with Gasteiger partial charge in [0.25, 0.3) is 17.7 Å². The van der Waals surface area contributed by atoms with E-state index in [2.05, 4.69) is 222 Å². The minimum absolute atomic E-state index is 0.0735. The summed E-state index contributed by atoms with van der Waals surface area (Å²) in [5.41, 5.74) is 13.2. The van der Waals surface area contributed by atoms with Gasteiger partial charge in [0.1, 0.15) is 55.4 Å². The van der Waals surface area contributed by atoms with Crippen LogP contribution in [0.2, 0.25) is 0 Å². The van der Waals surface area contributed by atoms with Gasteiger partial charge in [-0.15, -0.1) is 0 Å². The number of fused-ring (bicyclic) bond motifs is 6. The van der Waals surface area contributed by atoms with Crippen LogP contribution in [0.5, 0.6) is 18.0 Å². The van der Waals surface area contributed by atoms with Crippen LogP contribution >= 0.6 is 0 Å². The zero-order valence-corrected chi connectivity index (χ0v) is 79.5. The molecule has 31 heteroatoms. The number of ether oxygens (including phenoxy) is 4. The minimum atomic E-state index is -1.00. The van der Waals surface area contributed by atoms with E-state index in [4.69, 9.17) is 68.6 Å². The first-order valence-electron chi connectivity index (χ1n) is 48.8. The summed E-state index contributed by atoms with van der Waals surface area (Å²) in [6, 6.07) is 40.1. The fourth-order valence-corrected chi connectivity index (χ4v) is 22.7. The average molecular weight is 1860 g/mol. The van der Waals surface area contributed by atoms with Gasteiger partial charge < -0.3 is 77.6 Å². The fraction of sp³-hybridized carbons (Fsp3) is 0.491. The van der Waals surface area contributed by atoms with Crippen molar-refractivity contribution in [1.29, 1.82) is 0 Å². The molecule has 10 aliphatic heterocycles. The molecule has 11 aliphatic rings. The van der Waals surface area contributed by atoms with Crippen molar-refractivity contribution in [3.05, 3.63) is 231 Å². The molecule has 3 unspecified atom stereocenters. The Kier molecular flexibility index (Phi) is 28.8. The Labute approximate surface area is 801 Å². The zero-order valence-electron chi connectivity index (χ0n) is 79.5. The van der Waals surface area contributed by atoms with Gasteiger partial charge in [-0.3, -0.25) is 29.1 Å². The van der Waals surface area contributed by atoms with E-state index in [0.29, 0.717) is 121 Å². The number of aromatic nitrogens is 6. The van der Waals surface area contributed by atoms with Crippen LogP contribution in [0.3, 0.4) is 0 Å². The highest BCUT2D eigenvalue weighted by molar-refractivity contribution is 6.00. The Balaban J connectivity index is 0.000000137. The van der Waals surface area contributed by atoms with Gasteiger partial charge in [0, 0.05) is 179 Å². The first-order chi connectivity index (χ1) is 66.5. The number of hydrogen-bond acceptors (Lipinski definition) is 22. The van der Waals surface area contributed by atoms with Crippen molar-refractivity contribution in [1.82, 2.24) is 59.3 Å². The topological polar surface area (TPSA) is 217 Å². The van der Waals surface area contributed by atoms with Crippen LogP contribution in [-0.2, 0) is 58.0 Å². The summed E-state index contributed by atoms with van der Waals surface area (Å²) < 4.78 is 66.4. The second-order valence-corrected chi connectivity index (χ2v) is 38.7. The van der Waals surface area contributed by atoms with Crippen molar-refractivity contribution < 1.29 is 46.5 Å². The van der Waals surface area contributed by atoms with Crippen LogP contribution in [-0.4, -0.2) is 283 Å². The number of likely N-dealkylation sites (tertiary alicyclic amines) is 3. The molecule has 0 bridgehead atoms. The van der Waals surface area contributed by atoms with Gasteiger partial charge in [0.15, 0.2) is 17.5 Å². The molecule has 3 amide bonds. The van der Waals surface area contributed by atoms with Crippen LogP contribution in [0.15, 0.2) is 146 Å². The van der Waals surface area contributed by atoms with Crippen molar-refractivity contribution in [2.45, 2.75) is 179 Å². The maximum absolute atomic E-state index is 13.9. The molecule has 9 aromatic rings. The van der Waals surface area contributed by atoms with Crippen LogP contribution in [0, 0.1) is 40.5 Å². The highest BCUT2D eigenvalue weighted by Gasteiger charge is 2.44. The number of hydrogen-bond donors (Lipinski definition) is 0. The first-order valence-corrected chi connectivity index (χ1v) is 48.8. The highest BCUT2D eigenvalue weighted by atomic mass is 19.1. The number of amides is 3. The molecule has 1 aliphatic carbocycles. The average Bonchev–Trinajstić information content (AvgIpc) is 1.05. The van der Waals surface area contributed by atoms with Gasteiger partial charge in [0.2, 0.25) is 19.6 Å². The molecular formula is C106H124F3N21O7. The van der Waals surface area contributed by atoms with Gasteiger partial charge in [0.05, 0.1) is 42.3 Å². The number of anilines is 6. The van der Waals surface area contributed by atoms with Gasteiger partial charge in [-0.2, -0.15) is 29.9 Å². The Bertz CT molecular complexity index is 6180. The predicted octanol–water partition coefficient (Wildman–Crippen LogP) is 14.7. The van der Waals surface area contributed by atoms with Crippen LogP contribution in [0.1, 0.15) is 122 Å². The maximum Gasteiger partial charge on any atom is 0.318 e. The van der Waals surface area contributed by atoms with Crippen LogP contribution in [0.25, 0.3) is 46.9 Å². The maximum atomic E-state index is 13.9. The van der Waals surface area contributed by atoms with E-state index in [9.17, 15) is 27.6 Å². The second kappa shape index (κ2) is 41.7. The summed E-state index contributed by atoms with van der Waals surface area (Å²) in [5, 5.41) is 7.40. The van der Waals surface area contributed by atoms with Gasteiger partial charge in [-0.25, -0.2) is 32.9 Å². The standard InChI is InChI=1S/C36H42FN7O3.C36H42FN7O2.C34H40FN7O2/c1-24-6-4-7-26-8-5-9-32(33(24)26)41-14-11-30-31(22-41)39-36(47-23-28-10-15-43(28)27-12-18-46-19-13-27)40-34(30)42-16-17-44(35(45)25(2)37)29(21-42)20-38-3;1-24-8-6-9-26-10-7-13-32(33(24)26)41-16-15-30-31(22-41)39-36(46-23-28-14-17-43(28)27-11-4-5-12-27)40-34(30)42-18-19-44(35(45)25(2)37)29(21-42)20-38-3;1-23-9-6-10-25-11-7-12-29(30(23)25)40-16-13-27-28(21-40)37-33(44-22-34(3)14-8-15-39(34)5)38-31(27)41-17-18-42(32(43)24(2)35)26(20-41)19-36-4/h4-9,27-29H,2,10-23H2,1H3;6-10,13,27-29H,2,4-5,11-12,14-23H2,1H3;6-7,9-12,26H,2,8,13-22H2,1,3,5H3/t2*28?,29-;26-,34?/m000/s1. The van der Waals surface area contributed by atoms with Crippen LogP contribution in [0.4, 0.5) is 47.7 Å². The molecule has 20 rings (SSSR count). The Hall–Kier alpha value is -12.7. The molecule has 0 spiro atoms. The molecule has 3 aromatic heterocycles. The smallest absolute Gasteiger partial charge is 0.318 e. The summed E-state index contributed by atoms with van der Waals surface area (Å²) in [4.78, 5) is 104. The molecular weight excluding hydrogens is 1740 g/mol. The molecule has 0 N–H and O–H groups in total. The molecule has 137 heavy (non-hydrogen) atoms. The van der Waals surface area contributed by atoms with Crippen molar-refractivity contribution in [3.63, 3.8) is 0 Å². The summed E-state index contributed by atoms with van der Waals surface area (Å²) >= 11 is 0. The summed E-state index contributed by atoms with van der Waals surface area (Å²) in [6.45, 7) is 55.0. The lowest BCUT2D eigenvalue weighted by Gasteiger charge is -2.47. The van der Waals surface area contributed by atoms with Gasteiger partial charge >= 0.3 is 18.0 Å². The molecule has 7 saturated heterocycles. The molecule has 8 fully saturated rings. The van der Waals surface area contributed by atoms with Crippen molar-refractivity contribution in [3.8, 4) is 18.0 Å². The van der Waals surface area contributed by atoms with E-state index in [0.717, 1.165) is 161 Å². The zero-order chi connectivity index (χ0) is 95.3. The third-order valence-electron chi connectivity index (χ3n) is 30.4. The Morgan fingerprint density at radius 1 is 0.423 bits per heavy atom. The Morgan fingerprint density at radius 2 is 0.766 bits per heavy atom. The third-order valence-corrected chi connectivity index (χ3v) is 30.4. The van der Waals surface area contributed by atoms with Crippen molar-refractivity contribution in [2.24, 2.45) is 0 Å². The SMILES string of the molecule is [C-]#[N+]C[C@H]1CN(c2nc(OCC3(C)CCCN3C)nc3c2CCN(c2cccc4cccc(C)c24)C3)CCN1C(=O)C(=C)F.[C-]#[N+]C[C@H]1CN(c2nc(OCC3CCN3C3CCCC3)nc3c2CCN(c2cccc4cccc(C)c24)C3)CCN1C(=O)C(=C)F.[C-]#[N+]C[C@H]1CN(c2nc(OCC3CCN3C3CCOCC3)nc3c2CCN(c2cccc4cccc(C)c24)C3)CCN1C(=O)C(=C)F. The van der Waals surface area contributed by atoms with E-state index >= 15 is 0 Å². The monoisotopic (exact) mass is 1860 g/mol. The molecule has 1 saturated carbocycles. The number of rotatable bonds is 23. The lowest BCUT2D eigenvalue weighted by molar-refractivity contribution is -0.131. The summed E-state index contributed by atoms with van der Waals surface area (Å²) in [6.07, 6.45) is 13.9. The molecule has 716 valence electrons. The highest BCUT2D eigenvalue weighted by Crippen LogP contribution is 2.43. The van der Waals surface area contributed by atoms with E-state index in [1.165, 1.54) is 106 Å². The second-order valence-electron chi connectivity index (χ2n) is 38.7. The third kappa shape index (κ3) is 20.1. The number of likely N-dealkylation sites (N-methyl/N-ethyl adjacent to an activating group) is 1. The van der Waals surface area contributed by atoms with Gasteiger partial charge in [-0.05, 0) is 163 Å². The summed E-state index contributed by atoms with van der Waals surface area (Å²) in [5.74, 6) is -2.86. The number of nitrogens with zero attached hydrogens (tertiary/aromatic N) is 21. The fourth-order valence-electron chi connectivity index (χ4n) is 22.7.